The molecule has 0 saturated carbocycles. The summed E-state index contributed by atoms with van der Waals surface area (Å²) in [6, 6.07) is 4.58. The Kier molecular flexibility index (Phi) is 3.36. The third-order valence-electron chi connectivity index (χ3n) is 2.48. The second-order valence-corrected chi connectivity index (χ2v) is 5.20. The number of hydrogen-bond acceptors (Lipinski definition) is 3. The lowest BCUT2D eigenvalue weighted by molar-refractivity contribution is 0.629. The maximum atomic E-state index is 13.0. The number of nitrogen functional groups attached to an aromatic ring is 1. The smallest absolute Gasteiger partial charge is 0.127 e. The molecule has 1 heterocycles. The van der Waals surface area contributed by atoms with Crippen LogP contribution in [0.15, 0.2) is 18.2 Å². The fourth-order valence-electron chi connectivity index (χ4n) is 1.75. The number of rotatable bonds is 3. The van der Waals surface area contributed by atoms with Gasteiger partial charge in [0.1, 0.15) is 5.82 Å². The minimum absolute atomic E-state index is 0.281. The van der Waals surface area contributed by atoms with Gasteiger partial charge in [0, 0.05) is 23.2 Å². The lowest BCUT2D eigenvalue weighted by Crippen LogP contribution is -2.13. The Labute approximate surface area is 93.4 Å². The minimum Gasteiger partial charge on any atom is -0.399 e. The Morgan fingerprint density at radius 2 is 2.33 bits per heavy atom. The quantitative estimate of drug-likeness (QED) is 0.778. The van der Waals surface area contributed by atoms with Crippen molar-refractivity contribution in [2.75, 3.05) is 23.3 Å². The van der Waals surface area contributed by atoms with Crippen LogP contribution >= 0.6 is 11.8 Å². The Balaban J connectivity index is 1.92. The highest BCUT2D eigenvalue weighted by atomic mass is 32.2. The lowest BCUT2D eigenvalue weighted by atomic mass is 10.2. The number of benzene rings is 1. The van der Waals surface area contributed by atoms with Crippen LogP contribution in [0.2, 0.25) is 0 Å². The number of nitrogens with one attached hydrogen (secondary N) is 1. The molecule has 1 saturated heterocycles. The van der Waals surface area contributed by atoms with Crippen LogP contribution in [0.1, 0.15) is 12.8 Å². The van der Waals surface area contributed by atoms with E-state index in [0.29, 0.717) is 10.9 Å². The summed E-state index contributed by atoms with van der Waals surface area (Å²) in [5.41, 5.74) is 6.80. The Hall–Kier alpha value is -0.900. The van der Waals surface area contributed by atoms with Crippen molar-refractivity contribution in [2.24, 2.45) is 0 Å². The van der Waals surface area contributed by atoms with Gasteiger partial charge in [-0.25, -0.2) is 4.39 Å². The van der Waals surface area contributed by atoms with Crippen molar-refractivity contribution in [3.8, 4) is 0 Å². The van der Waals surface area contributed by atoms with Crippen LogP contribution in [-0.2, 0) is 0 Å². The van der Waals surface area contributed by atoms with Crippen molar-refractivity contribution in [3.05, 3.63) is 24.0 Å². The van der Waals surface area contributed by atoms with E-state index >= 15 is 0 Å². The molecule has 3 N–H and O–H groups in total. The largest absolute Gasteiger partial charge is 0.399 e. The molecule has 2 nitrogen and oxygen atoms in total. The topological polar surface area (TPSA) is 38.0 Å². The highest BCUT2D eigenvalue weighted by molar-refractivity contribution is 8.00. The summed E-state index contributed by atoms with van der Waals surface area (Å²) in [6.45, 7) is 0.896. The molecular weight excluding hydrogens is 211 g/mol. The average Bonchev–Trinajstić information content (AvgIpc) is 2.65. The molecule has 1 atom stereocenters. The molecule has 1 unspecified atom stereocenters. The van der Waals surface area contributed by atoms with Crippen LogP contribution in [0.25, 0.3) is 0 Å². The first-order valence-electron chi connectivity index (χ1n) is 5.15. The highest BCUT2D eigenvalue weighted by Gasteiger charge is 2.14. The van der Waals surface area contributed by atoms with Crippen LogP contribution in [-0.4, -0.2) is 17.5 Å². The molecule has 0 radical (unpaired) electrons. The van der Waals surface area contributed by atoms with E-state index in [9.17, 15) is 4.39 Å². The van der Waals surface area contributed by atoms with Crippen LogP contribution in [0.3, 0.4) is 0 Å². The van der Waals surface area contributed by atoms with Gasteiger partial charge in [0.05, 0.1) is 0 Å². The number of nitrogens with two attached hydrogens (primary N) is 1. The van der Waals surface area contributed by atoms with Crippen LogP contribution in [0.4, 0.5) is 15.8 Å². The van der Waals surface area contributed by atoms with Gasteiger partial charge in [-0.1, -0.05) is 0 Å². The second kappa shape index (κ2) is 4.75. The maximum Gasteiger partial charge on any atom is 0.127 e. The highest BCUT2D eigenvalue weighted by Crippen LogP contribution is 2.26. The zero-order chi connectivity index (χ0) is 10.7. The van der Waals surface area contributed by atoms with Gasteiger partial charge in [0.2, 0.25) is 0 Å². The van der Waals surface area contributed by atoms with Gasteiger partial charge in [-0.15, -0.1) is 0 Å². The molecule has 4 heteroatoms. The van der Waals surface area contributed by atoms with Crippen LogP contribution < -0.4 is 11.1 Å². The summed E-state index contributed by atoms with van der Waals surface area (Å²) in [5, 5.41) is 3.89. The molecule has 0 amide bonds. The maximum absolute atomic E-state index is 13.0. The van der Waals surface area contributed by atoms with E-state index in [4.69, 9.17) is 5.73 Å². The second-order valence-electron chi connectivity index (χ2n) is 3.79. The lowest BCUT2D eigenvalue weighted by Gasteiger charge is -2.11. The standard InChI is InChI=1S/C11H15FN2S/c12-8-4-9(13)6-10(5-8)14-7-11-2-1-3-15-11/h4-6,11,14H,1-3,7,13H2. The fourth-order valence-corrected chi connectivity index (χ4v) is 2.95. The monoisotopic (exact) mass is 226 g/mol. The molecule has 0 bridgehead atoms. The predicted molar refractivity (Wildman–Crippen MR) is 64.8 cm³/mol. The third kappa shape index (κ3) is 3.02. The Bertz CT molecular complexity index is 317. The van der Waals surface area contributed by atoms with Gasteiger partial charge < -0.3 is 11.1 Å². The molecule has 2 rings (SSSR count). The van der Waals surface area contributed by atoms with Crippen molar-refractivity contribution in [2.45, 2.75) is 18.1 Å². The van der Waals surface area contributed by atoms with E-state index < -0.39 is 0 Å². The number of thioether (sulfide) groups is 1. The van der Waals surface area contributed by atoms with E-state index in [1.165, 1.54) is 30.7 Å². The van der Waals surface area contributed by atoms with Gasteiger partial charge in [-0.05, 0) is 36.8 Å². The number of hydrogen-bond donors (Lipinski definition) is 2. The molecule has 1 aliphatic rings. The summed E-state index contributed by atoms with van der Waals surface area (Å²) in [4.78, 5) is 0. The molecular formula is C11H15FN2S. The number of halogens is 1. The first-order chi connectivity index (χ1) is 7.24. The molecule has 1 aromatic rings. The van der Waals surface area contributed by atoms with Gasteiger partial charge in [0.25, 0.3) is 0 Å². The first-order valence-corrected chi connectivity index (χ1v) is 6.20. The molecule has 15 heavy (non-hydrogen) atoms. The first kappa shape index (κ1) is 10.6. The molecule has 0 aromatic heterocycles. The molecule has 1 aliphatic heterocycles. The van der Waals surface area contributed by atoms with Gasteiger partial charge in [-0.3, -0.25) is 0 Å². The summed E-state index contributed by atoms with van der Waals surface area (Å²) in [6.07, 6.45) is 2.55. The van der Waals surface area contributed by atoms with Gasteiger partial charge in [-0.2, -0.15) is 11.8 Å². The van der Waals surface area contributed by atoms with E-state index in [0.717, 1.165) is 12.2 Å². The predicted octanol–water partition coefficient (Wildman–Crippen LogP) is 2.72. The Morgan fingerprint density at radius 1 is 1.47 bits per heavy atom. The van der Waals surface area contributed by atoms with Crippen LogP contribution in [0.5, 0.6) is 0 Å². The molecule has 0 aliphatic carbocycles. The summed E-state index contributed by atoms with van der Waals surface area (Å²) >= 11 is 1.98. The van der Waals surface area contributed by atoms with Crippen molar-refractivity contribution in [3.63, 3.8) is 0 Å². The zero-order valence-electron chi connectivity index (χ0n) is 8.50. The van der Waals surface area contributed by atoms with E-state index in [1.54, 1.807) is 6.07 Å². The summed E-state index contributed by atoms with van der Waals surface area (Å²) < 4.78 is 13.0. The van der Waals surface area contributed by atoms with Crippen molar-refractivity contribution >= 4 is 23.1 Å². The molecule has 1 fully saturated rings. The Morgan fingerprint density at radius 3 is 3.00 bits per heavy atom. The van der Waals surface area contributed by atoms with Gasteiger partial charge in [0.15, 0.2) is 0 Å². The van der Waals surface area contributed by atoms with Crippen molar-refractivity contribution in [1.82, 2.24) is 0 Å². The molecule has 0 spiro atoms. The van der Waals surface area contributed by atoms with Crippen molar-refractivity contribution in [1.29, 1.82) is 0 Å². The average molecular weight is 226 g/mol. The normalized spacial score (nSPS) is 20.5. The van der Waals surface area contributed by atoms with Crippen molar-refractivity contribution < 1.29 is 4.39 Å². The van der Waals surface area contributed by atoms with E-state index in [2.05, 4.69) is 5.32 Å². The molecule has 82 valence electrons. The fraction of sp³-hybridized carbons (Fsp3) is 0.455. The van der Waals surface area contributed by atoms with Gasteiger partial charge >= 0.3 is 0 Å². The summed E-state index contributed by atoms with van der Waals surface area (Å²) in [7, 11) is 0. The third-order valence-corrected chi connectivity index (χ3v) is 3.88. The number of anilines is 2. The molecule has 1 aromatic carbocycles. The van der Waals surface area contributed by atoms with E-state index in [-0.39, 0.29) is 5.82 Å². The minimum atomic E-state index is -0.281. The zero-order valence-corrected chi connectivity index (χ0v) is 9.32. The van der Waals surface area contributed by atoms with E-state index in [1.807, 2.05) is 11.8 Å². The SMILES string of the molecule is Nc1cc(F)cc(NCC2CCCS2)c1. The van der Waals surface area contributed by atoms with Crippen LogP contribution in [0, 0.1) is 5.82 Å². The summed E-state index contributed by atoms with van der Waals surface area (Å²) in [5.74, 6) is 0.967.